The summed E-state index contributed by atoms with van der Waals surface area (Å²) in [5.41, 5.74) is 2.27. The molecule has 2 aromatic rings. The van der Waals surface area contributed by atoms with Gasteiger partial charge in [0.15, 0.2) is 0 Å². The Morgan fingerprint density at radius 3 is 2.38 bits per heavy atom. The van der Waals surface area contributed by atoms with Crippen LogP contribution in [0.2, 0.25) is 0 Å². The lowest BCUT2D eigenvalue weighted by atomic mass is 10.2. The quantitative estimate of drug-likeness (QED) is 0.792. The van der Waals surface area contributed by atoms with Gasteiger partial charge in [-0.2, -0.15) is 0 Å². The second kappa shape index (κ2) is 7.43. The van der Waals surface area contributed by atoms with Crippen molar-refractivity contribution < 1.29 is 9.47 Å². The summed E-state index contributed by atoms with van der Waals surface area (Å²) in [6, 6.07) is 15.9. The van der Waals surface area contributed by atoms with E-state index in [9.17, 15) is 0 Å². The van der Waals surface area contributed by atoms with Gasteiger partial charge in [-0.1, -0.05) is 6.07 Å². The minimum absolute atomic E-state index is 0.610. The van der Waals surface area contributed by atoms with Crippen LogP contribution in [0.3, 0.4) is 0 Å². The van der Waals surface area contributed by atoms with Gasteiger partial charge in [0.05, 0.1) is 7.11 Å². The van der Waals surface area contributed by atoms with Crippen molar-refractivity contribution >= 4 is 11.4 Å². The van der Waals surface area contributed by atoms with Crippen molar-refractivity contribution in [1.82, 2.24) is 0 Å². The van der Waals surface area contributed by atoms with E-state index in [1.165, 1.54) is 5.69 Å². The van der Waals surface area contributed by atoms with Crippen LogP contribution in [0, 0.1) is 0 Å². The summed E-state index contributed by atoms with van der Waals surface area (Å²) < 4.78 is 10.8. The van der Waals surface area contributed by atoms with Crippen molar-refractivity contribution in [1.29, 1.82) is 0 Å². The lowest BCUT2D eigenvalue weighted by Crippen LogP contribution is -2.12. The highest BCUT2D eigenvalue weighted by atomic mass is 16.5. The van der Waals surface area contributed by atoms with E-state index < -0.39 is 0 Å². The normalized spacial score (nSPS) is 10.0. The minimum Gasteiger partial charge on any atom is -0.497 e. The van der Waals surface area contributed by atoms with Crippen LogP contribution in [0.15, 0.2) is 48.5 Å². The van der Waals surface area contributed by atoms with Crippen molar-refractivity contribution in [2.45, 2.75) is 0 Å². The summed E-state index contributed by atoms with van der Waals surface area (Å²) in [4.78, 5) is 2.08. The smallest absolute Gasteiger partial charge is 0.119 e. The molecule has 0 amide bonds. The molecule has 0 unspecified atom stereocenters. The molecule has 1 N–H and O–H groups in total. The largest absolute Gasteiger partial charge is 0.497 e. The van der Waals surface area contributed by atoms with Gasteiger partial charge in [-0.15, -0.1) is 0 Å². The van der Waals surface area contributed by atoms with Crippen molar-refractivity contribution in [2.24, 2.45) is 0 Å². The maximum absolute atomic E-state index is 5.68. The Morgan fingerprint density at radius 1 is 1.00 bits per heavy atom. The first kappa shape index (κ1) is 15.0. The van der Waals surface area contributed by atoms with Crippen LogP contribution in [-0.4, -0.2) is 34.4 Å². The molecule has 0 aliphatic heterocycles. The molecule has 112 valence electrons. The standard InChI is InChI=1S/C17H22N2O2/c1-19(2)15-6-4-5-14(13-15)18-11-12-21-17-9-7-16(20-3)8-10-17/h4-10,13,18H,11-12H2,1-3H3. The summed E-state index contributed by atoms with van der Waals surface area (Å²) in [5.74, 6) is 1.68. The van der Waals surface area contributed by atoms with Crippen molar-refractivity contribution in [3.05, 3.63) is 48.5 Å². The molecule has 0 saturated carbocycles. The van der Waals surface area contributed by atoms with Crippen LogP contribution < -0.4 is 19.7 Å². The zero-order chi connectivity index (χ0) is 15.1. The predicted molar refractivity (Wildman–Crippen MR) is 87.7 cm³/mol. The van der Waals surface area contributed by atoms with E-state index in [1.807, 2.05) is 44.4 Å². The molecule has 0 aromatic heterocycles. The number of hydrogen-bond donors (Lipinski definition) is 1. The first-order valence-electron chi connectivity index (χ1n) is 6.97. The lowest BCUT2D eigenvalue weighted by molar-refractivity contribution is 0.332. The third-order valence-electron chi connectivity index (χ3n) is 3.12. The molecule has 0 fully saturated rings. The van der Waals surface area contributed by atoms with Gasteiger partial charge in [0.1, 0.15) is 18.1 Å². The van der Waals surface area contributed by atoms with Crippen LogP contribution in [-0.2, 0) is 0 Å². The Morgan fingerprint density at radius 2 is 1.71 bits per heavy atom. The molecule has 0 atom stereocenters. The molecule has 0 saturated heterocycles. The van der Waals surface area contributed by atoms with E-state index in [1.54, 1.807) is 7.11 Å². The van der Waals surface area contributed by atoms with Gasteiger partial charge in [-0.05, 0) is 42.5 Å². The Hall–Kier alpha value is -2.36. The van der Waals surface area contributed by atoms with E-state index in [-0.39, 0.29) is 0 Å². The number of benzene rings is 2. The summed E-state index contributed by atoms with van der Waals surface area (Å²) >= 11 is 0. The summed E-state index contributed by atoms with van der Waals surface area (Å²) in [6.45, 7) is 1.36. The van der Waals surface area contributed by atoms with Gasteiger partial charge in [0, 0.05) is 32.0 Å². The van der Waals surface area contributed by atoms with E-state index in [0.717, 1.165) is 23.7 Å². The van der Waals surface area contributed by atoms with Gasteiger partial charge >= 0.3 is 0 Å². The SMILES string of the molecule is COc1ccc(OCCNc2cccc(N(C)C)c2)cc1. The number of nitrogens with one attached hydrogen (secondary N) is 1. The Labute approximate surface area is 126 Å². The molecular formula is C17H22N2O2. The fourth-order valence-corrected chi connectivity index (χ4v) is 1.93. The minimum atomic E-state index is 0.610. The van der Waals surface area contributed by atoms with Crippen LogP contribution in [0.4, 0.5) is 11.4 Å². The number of methoxy groups -OCH3 is 1. The van der Waals surface area contributed by atoms with Gasteiger partial charge < -0.3 is 19.7 Å². The van der Waals surface area contributed by atoms with Gasteiger partial charge in [0.2, 0.25) is 0 Å². The zero-order valence-electron chi connectivity index (χ0n) is 12.8. The third kappa shape index (κ3) is 4.60. The van der Waals surface area contributed by atoms with Gasteiger partial charge in [-0.25, -0.2) is 0 Å². The summed E-state index contributed by atoms with van der Waals surface area (Å²) in [6.07, 6.45) is 0. The highest BCUT2D eigenvalue weighted by Gasteiger charge is 1.98. The molecule has 0 aliphatic carbocycles. The monoisotopic (exact) mass is 286 g/mol. The highest BCUT2D eigenvalue weighted by molar-refractivity contribution is 5.57. The Balaban J connectivity index is 1.77. The van der Waals surface area contributed by atoms with Crippen molar-refractivity contribution in [3.8, 4) is 11.5 Å². The predicted octanol–water partition coefficient (Wildman–Crippen LogP) is 3.25. The first-order valence-corrected chi connectivity index (χ1v) is 6.97. The number of rotatable bonds is 7. The molecule has 0 heterocycles. The second-order valence-corrected chi connectivity index (χ2v) is 4.90. The summed E-state index contributed by atoms with van der Waals surface area (Å²) in [7, 11) is 5.72. The highest BCUT2D eigenvalue weighted by Crippen LogP contribution is 2.18. The molecule has 0 aliphatic rings. The first-order chi connectivity index (χ1) is 10.2. The lowest BCUT2D eigenvalue weighted by Gasteiger charge is -2.14. The average molecular weight is 286 g/mol. The molecule has 2 aromatic carbocycles. The molecule has 21 heavy (non-hydrogen) atoms. The van der Waals surface area contributed by atoms with Gasteiger partial charge in [0.25, 0.3) is 0 Å². The third-order valence-corrected chi connectivity index (χ3v) is 3.12. The zero-order valence-corrected chi connectivity index (χ0v) is 12.8. The fourth-order valence-electron chi connectivity index (χ4n) is 1.93. The second-order valence-electron chi connectivity index (χ2n) is 4.90. The fraction of sp³-hybridized carbons (Fsp3) is 0.294. The maximum Gasteiger partial charge on any atom is 0.119 e. The molecule has 0 spiro atoms. The van der Waals surface area contributed by atoms with E-state index in [4.69, 9.17) is 9.47 Å². The molecule has 0 radical (unpaired) electrons. The molecular weight excluding hydrogens is 264 g/mol. The van der Waals surface area contributed by atoms with Crippen molar-refractivity contribution in [3.63, 3.8) is 0 Å². The van der Waals surface area contributed by atoms with E-state index in [0.29, 0.717) is 6.61 Å². The molecule has 0 bridgehead atoms. The van der Waals surface area contributed by atoms with E-state index in [2.05, 4.69) is 28.4 Å². The molecule has 4 nitrogen and oxygen atoms in total. The number of anilines is 2. The van der Waals surface area contributed by atoms with Crippen LogP contribution in [0.1, 0.15) is 0 Å². The topological polar surface area (TPSA) is 33.7 Å². The molecule has 2 rings (SSSR count). The Bertz CT molecular complexity index is 553. The average Bonchev–Trinajstić information content (AvgIpc) is 2.52. The van der Waals surface area contributed by atoms with E-state index >= 15 is 0 Å². The maximum atomic E-state index is 5.68. The van der Waals surface area contributed by atoms with Crippen LogP contribution in [0.25, 0.3) is 0 Å². The van der Waals surface area contributed by atoms with Crippen LogP contribution in [0.5, 0.6) is 11.5 Å². The molecule has 4 heteroatoms. The van der Waals surface area contributed by atoms with Crippen LogP contribution >= 0.6 is 0 Å². The summed E-state index contributed by atoms with van der Waals surface area (Å²) in [5, 5.41) is 3.36. The van der Waals surface area contributed by atoms with Gasteiger partial charge in [-0.3, -0.25) is 0 Å². The Kier molecular flexibility index (Phi) is 5.32. The number of nitrogens with zero attached hydrogens (tertiary/aromatic N) is 1. The van der Waals surface area contributed by atoms with Crippen molar-refractivity contribution in [2.75, 3.05) is 44.6 Å². The number of hydrogen-bond acceptors (Lipinski definition) is 4. The number of ether oxygens (including phenoxy) is 2.